The van der Waals surface area contributed by atoms with Crippen molar-refractivity contribution in [2.75, 3.05) is 0 Å². The minimum absolute atomic E-state index is 0.151. The van der Waals surface area contributed by atoms with Crippen molar-refractivity contribution in [1.29, 1.82) is 0 Å². The fraction of sp³-hybridized carbons (Fsp3) is 0.692. The molecule has 28 heavy (non-hydrogen) atoms. The molecule has 0 radical (unpaired) electrons. The fourth-order valence-electron chi connectivity index (χ4n) is 4.70. The van der Waals surface area contributed by atoms with Gasteiger partial charge in [0.1, 0.15) is 11.6 Å². The summed E-state index contributed by atoms with van der Waals surface area (Å²) in [7, 11) is 0. The average Bonchev–Trinajstić information content (AvgIpc) is 2.71. The standard InChI is InChI=1S/C26H40O2/c1-3-4-15-23-16-9-10-17-24(23)20-26(28)21(2)12-8-11-18-25(27)19-22-13-6-5-7-14-22/h5-7,13-14,21,23-24H,3-4,8-12,15-20H2,1-2H3/t21?,23?,24-/m1/s1. The number of hydrogen-bond acceptors (Lipinski definition) is 2. The Labute approximate surface area is 172 Å². The van der Waals surface area contributed by atoms with Crippen LogP contribution < -0.4 is 0 Å². The van der Waals surface area contributed by atoms with Crippen molar-refractivity contribution in [3.63, 3.8) is 0 Å². The number of unbranched alkanes of at least 4 members (excludes halogenated alkanes) is 2. The van der Waals surface area contributed by atoms with Crippen LogP contribution in [0.3, 0.4) is 0 Å². The minimum Gasteiger partial charge on any atom is -0.299 e. The van der Waals surface area contributed by atoms with Crippen LogP contribution in [0, 0.1) is 17.8 Å². The zero-order chi connectivity index (χ0) is 20.2. The third kappa shape index (κ3) is 8.29. The highest BCUT2D eigenvalue weighted by Gasteiger charge is 2.27. The molecule has 2 nitrogen and oxygen atoms in total. The molecule has 1 saturated carbocycles. The van der Waals surface area contributed by atoms with Gasteiger partial charge in [0.15, 0.2) is 0 Å². The Kier molecular flexibility index (Phi) is 10.5. The highest BCUT2D eigenvalue weighted by molar-refractivity contribution is 5.81. The van der Waals surface area contributed by atoms with Gasteiger partial charge < -0.3 is 0 Å². The second kappa shape index (κ2) is 12.9. The molecule has 0 aliphatic heterocycles. The third-order valence-electron chi connectivity index (χ3n) is 6.59. The van der Waals surface area contributed by atoms with Crippen LogP contribution in [-0.4, -0.2) is 11.6 Å². The summed E-state index contributed by atoms with van der Waals surface area (Å²) in [5.41, 5.74) is 1.10. The van der Waals surface area contributed by atoms with Gasteiger partial charge in [-0.1, -0.05) is 89.1 Å². The van der Waals surface area contributed by atoms with Crippen molar-refractivity contribution in [1.82, 2.24) is 0 Å². The van der Waals surface area contributed by atoms with Crippen LogP contribution >= 0.6 is 0 Å². The summed E-state index contributed by atoms with van der Waals surface area (Å²) in [5.74, 6) is 2.33. The lowest BCUT2D eigenvalue weighted by Gasteiger charge is -2.32. The number of carbonyl (C=O) groups is 2. The van der Waals surface area contributed by atoms with Gasteiger partial charge in [0, 0.05) is 25.2 Å². The molecule has 0 heterocycles. The van der Waals surface area contributed by atoms with Crippen LogP contribution in [0.25, 0.3) is 0 Å². The summed E-state index contributed by atoms with van der Waals surface area (Å²) in [5, 5.41) is 0. The van der Waals surface area contributed by atoms with Crippen LogP contribution in [0.5, 0.6) is 0 Å². The number of hydrogen-bond donors (Lipinski definition) is 0. The van der Waals surface area contributed by atoms with Crippen molar-refractivity contribution < 1.29 is 9.59 Å². The van der Waals surface area contributed by atoms with Gasteiger partial charge in [0.2, 0.25) is 0 Å². The summed E-state index contributed by atoms with van der Waals surface area (Å²) >= 11 is 0. The minimum atomic E-state index is 0.151. The topological polar surface area (TPSA) is 34.1 Å². The van der Waals surface area contributed by atoms with E-state index >= 15 is 0 Å². The molecule has 156 valence electrons. The molecule has 0 saturated heterocycles. The van der Waals surface area contributed by atoms with Crippen LogP contribution in [0.2, 0.25) is 0 Å². The van der Waals surface area contributed by atoms with E-state index in [0.717, 1.165) is 37.2 Å². The molecule has 0 spiro atoms. The van der Waals surface area contributed by atoms with E-state index < -0.39 is 0 Å². The predicted octanol–water partition coefficient (Wildman–Crippen LogP) is 6.95. The van der Waals surface area contributed by atoms with E-state index in [1.165, 1.54) is 44.9 Å². The molecule has 0 amide bonds. The van der Waals surface area contributed by atoms with Gasteiger partial charge in [0.25, 0.3) is 0 Å². The number of ketones is 2. The molecule has 1 aliphatic rings. The van der Waals surface area contributed by atoms with Gasteiger partial charge in [0.05, 0.1) is 0 Å². The lowest BCUT2D eigenvalue weighted by atomic mass is 9.73. The quantitative estimate of drug-likeness (QED) is 0.345. The van der Waals surface area contributed by atoms with Crippen LogP contribution in [0.1, 0.15) is 96.5 Å². The van der Waals surface area contributed by atoms with Gasteiger partial charge in [-0.2, -0.15) is 0 Å². The lowest BCUT2D eigenvalue weighted by Crippen LogP contribution is -2.24. The molecule has 1 aromatic rings. The first-order valence-electron chi connectivity index (χ1n) is 11.7. The Morgan fingerprint density at radius 3 is 2.43 bits per heavy atom. The maximum atomic E-state index is 12.7. The number of rotatable bonds is 13. The molecule has 0 N–H and O–H groups in total. The number of Topliss-reactive ketones (excluding diaryl/α,β-unsaturated/α-hetero) is 2. The maximum Gasteiger partial charge on any atom is 0.137 e. The molecule has 0 bridgehead atoms. The molecule has 1 aliphatic carbocycles. The summed E-state index contributed by atoms with van der Waals surface area (Å²) in [6, 6.07) is 9.96. The normalized spacial score (nSPS) is 20.6. The van der Waals surface area contributed by atoms with E-state index in [2.05, 4.69) is 13.8 Å². The predicted molar refractivity (Wildman–Crippen MR) is 117 cm³/mol. The van der Waals surface area contributed by atoms with Crippen LogP contribution in [-0.2, 0) is 16.0 Å². The summed E-state index contributed by atoms with van der Waals surface area (Å²) in [4.78, 5) is 24.8. The van der Waals surface area contributed by atoms with E-state index in [4.69, 9.17) is 0 Å². The Balaban J connectivity index is 1.64. The number of benzene rings is 1. The molecule has 3 atom stereocenters. The Hall–Kier alpha value is -1.44. The molecule has 1 fully saturated rings. The number of carbonyl (C=O) groups excluding carboxylic acids is 2. The van der Waals surface area contributed by atoms with E-state index in [-0.39, 0.29) is 5.92 Å². The molecule has 1 aromatic carbocycles. The summed E-state index contributed by atoms with van der Waals surface area (Å²) < 4.78 is 0. The van der Waals surface area contributed by atoms with Gasteiger partial charge in [-0.25, -0.2) is 0 Å². The summed E-state index contributed by atoms with van der Waals surface area (Å²) in [6.07, 6.45) is 13.9. The molecule has 2 rings (SSSR count). The van der Waals surface area contributed by atoms with Gasteiger partial charge >= 0.3 is 0 Å². The Morgan fingerprint density at radius 2 is 1.71 bits per heavy atom. The molecular formula is C26H40O2. The lowest BCUT2D eigenvalue weighted by molar-refractivity contribution is -0.124. The Bertz CT molecular complexity index is 577. The molecule has 2 heteroatoms. The SMILES string of the molecule is CCCCC1CCCC[C@@H]1CC(=O)C(C)CCCCC(=O)Cc1ccccc1. The first kappa shape index (κ1) is 22.8. The first-order chi connectivity index (χ1) is 13.6. The maximum absolute atomic E-state index is 12.7. The highest BCUT2D eigenvalue weighted by atomic mass is 16.1. The average molecular weight is 385 g/mol. The van der Waals surface area contributed by atoms with Gasteiger partial charge in [-0.05, 0) is 36.7 Å². The van der Waals surface area contributed by atoms with E-state index in [9.17, 15) is 9.59 Å². The van der Waals surface area contributed by atoms with E-state index in [0.29, 0.717) is 30.3 Å². The van der Waals surface area contributed by atoms with Crippen molar-refractivity contribution in [3.05, 3.63) is 35.9 Å². The second-order valence-corrected chi connectivity index (χ2v) is 8.97. The molecular weight excluding hydrogens is 344 g/mol. The van der Waals surface area contributed by atoms with E-state index in [1.807, 2.05) is 30.3 Å². The summed E-state index contributed by atoms with van der Waals surface area (Å²) in [6.45, 7) is 4.35. The van der Waals surface area contributed by atoms with Crippen LogP contribution in [0.15, 0.2) is 30.3 Å². The van der Waals surface area contributed by atoms with Crippen LogP contribution in [0.4, 0.5) is 0 Å². The smallest absolute Gasteiger partial charge is 0.137 e. The van der Waals surface area contributed by atoms with E-state index in [1.54, 1.807) is 0 Å². The van der Waals surface area contributed by atoms with Crippen molar-refractivity contribution in [2.24, 2.45) is 17.8 Å². The Morgan fingerprint density at radius 1 is 1.00 bits per heavy atom. The third-order valence-corrected chi connectivity index (χ3v) is 6.59. The highest BCUT2D eigenvalue weighted by Crippen LogP contribution is 2.36. The van der Waals surface area contributed by atoms with Crippen molar-refractivity contribution in [2.45, 2.75) is 97.3 Å². The van der Waals surface area contributed by atoms with Crippen molar-refractivity contribution in [3.8, 4) is 0 Å². The monoisotopic (exact) mass is 384 g/mol. The van der Waals surface area contributed by atoms with Gasteiger partial charge in [-0.15, -0.1) is 0 Å². The first-order valence-corrected chi connectivity index (χ1v) is 11.7. The molecule has 2 unspecified atom stereocenters. The fourth-order valence-corrected chi connectivity index (χ4v) is 4.70. The van der Waals surface area contributed by atoms with Crippen molar-refractivity contribution >= 4 is 11.6 Å². The van der Waals surface area contributed by atoms with Gasteiger partial charge in [-0.3, -0.25) is 9.59 Å². The zero-order valence-corrected chi connectivity index (χ0v) is 18.1. The second-order valence-electron chi connectivity index (χ2n) is 8.97. The molecule has 0 aromatic heterocycles. The largest absolute Gasteiger partial charge is 0.299 e. The zero-order valence-electron chi connectivity index (χ0n) is 18.1.